The maximum atomic E-state index is 13.6. The van der Waals surface area contributed by atoms with Crippen molar-refractivity contribution in [3.63, 3.8) is 0 Å². The summed E-state index contributed by atoms with van der Waals surface area (Å²) in [5.74, 6) is 0.636. The Kier molecular flexibility index (Phi) is 9.44. The number of Topliss-reactive ketones (excluding diaryl/α,β-unsaturated/α-hetero) is 1. The van der Waals surface area contributed by atoms with E-state index in [1.807, 2.05) is 48.5 Å². The number of benzene rings is 2. The standard InChI is InChI=1S/C30H40N4O6/c1-9-38-24-13-19-15-34(27(31)20(19)14-21(24)28(36)32-8)16-23(35)18-11-22(30(5,6)7)26(25(12-18)39-10-2)40-29(37)33-17(3)4/h11-14,17,31H,9-10,15-16H2,1-8H3,(H,32,36)(H,33,37). The maximum Gasteiger partial charge on any atom is 0.412 e. The van der Waals surface area contributed by atoms with Crippen LogP contribution in [0, 0.1) is 5.41 Å². The topological polar surface area (TPSA) is 130 Å². The van der Waals surface area contributed by atoms with Crippen LogP contribution in [0.4, 0.5) is 4.79 Å². The fourth-order valence-electron chi connectivity index (χ4n) is 4.46. The van der Waals surface area contributed by atoms with Crippen LogP contribution in [0.3, 0.4) is 0 Å². The first-order valence-electron chi connectivity index (χ1n) is 13.5. The molecule has 0 unspecified atom stereocenters. The van der Waals surface area contributed by atoms with Gasteiger partial charge in [0.1, 0.15) is 11.6 Å². The van der Waals surface area contributed by atoms with Crippen molar-refractivity contribution >= 4 is 23.6 Å². The minimum Gasteiger partial charge on any atom is -0.493 e. The molecule has 40 heavy (non-hydrogen) atoms. The minimum atomic E-state index is -0.605. The van der Waals surface area contributed by atoms with Crippen molar-refractivity contribution < 1.29 is 28.6 Å². The second kappa shape index (κ2) is 12.4. The van der Waals surface area contributed by atoms with Crippen LogP contribution in [-0.2, 0) is 12.0 Å². The van der Waals surface area contributed by atoms with E-state index in [0.29, 0.717) is 53.5 Å². The van der Waals surface area contributed by atoms with Crippen LogP contribution in [0.25, 0.3) is 0 Å². The van der Waals surface area contributed by atoms with Crippen LogP contribution in [0.5, 0.6) is 17.2 Å². The summed E-state index contributed by atoms with van der Waals surface area (Å²) in [6, 6.07) is 6.61. The highest BCUT2D eigenvalue weighted by Gasteiger charge is 2.31. The Bertz CT molecular complexity index is 1310. The van der Waals surface area contributed by atoms with Gasteiger partial charge in [0.25, 0.3) is 5.91 Å². The van der Waals surface area contributed by atoms with Crippen molar-refractivity contribution in [1.82, 2.24) is 15.5 Å². The average Bonchev–Trinajstić information content (AvgIpc) is 3.16. The molecule has 0 fully saturated rings. The molecule has 2 aromatic rings. The van der Waals surface area contributed by atoms with Gasteiger partial charge in [0, 0.05) is 36.3 Å². The van der Waals surface area contributed by atoms with Gasteiger partial charge in [-0.25, -0.2) is 4.79 Å². The number of carbonyl (C=O) groups excluding carboxylic acids is 3. The molecule has 2 aromatic carbocycles. The fraction of sp³-hybridized carbons (Fsp3) is 0.467. The first-order valence-corrected chi connectivity index (χ1v) is 13.5. The van der Waals surface area contributed by atoms with E-state index < -0.39 is 11.5 Å². The summed E-state index contributed by atoms with van der Waals surface area (Å²) >= 11 is 0. The van der Waals surface area contributed by atoms with Gasteiger partial charge in [0.05, 0.1) is 25.3 Å². The zero-order chi connectivity index (χ0) is 29.8. The number of hydrogen-bond acceptors (Lipinski definition) is 7. The molecule has 0 aromatic heterocycles. The molecule has 0 aliphatic carbocycles. The first kappa shape index (κ1) is 30.5. The van der Waals surface area contributed by atoms with Crippen molar-refractivity contribution in [2.24, 2.45) is 0 Å². The molecule has 0 radical (unpaired) electrons. The highest BCUT2D eigenvalue weighted by Crippen LogP contribution is 2.40. The van der Waals surface area contributed by atoms with Gasteiger partial charge in [-0.15, -0.1) is 0 Å². The molecule has 1 heterocycles. The molecule has 10 nitrogen and oxygen atoms in total. The molecule has 216 valence electrons. The van der Waals surface area contributed by atoms with Crippen LogP contribution >= 0.6 is 0 Å². The van der Waals surface area contributed by atoms with E-state index in [-0.39, 0.29) is 35.9 Å². The summed E-state index contributed by atoms with van der Waals surface area (Å²) in [5, 5.41) is 14.1. The third kappa shape index (κ3) is 6.73. The Morgan fingerprint density at radius 2 is 1.68 bits per heavy atom. The highest BCUT2D eigenvalue weighted by atomic mass is 16.6. The number of ether oxygens (including phenoxy) is 3. The number of fused-ring (bicyclic) bond motifs is 1. The lowest BCUT2D eigenvalue weighted by Gasteiger charge is -2.26. The SMILES string of the molecule is CCOc1cc2c(cc1C(=O)NC)C(=N)N(CC(=O)c1cc(OCC)c(OC(=O)NC(C)C)c(C(C)(C)C)c1)C2. The minimum absolute atomic E-state index is 0.0595. The van der Waals surface area contributed by atoms with Crippen LogP contribution in [-0.4, -0.2) is 61.4 Å². The number of nitrogens with one attached hydrogen (secondary N) is 3. The van der Waals surface area contributed by atoms with Gasteiger partial charge in [0.15, 0.2) is 17.3 Å². The summed E-state index contributed by atoms with van der Waals surface area (Å²) < 4.78 is 17.2. The molecular formula is C30H40N4O6. The lowest BCUT2D eigenvalue weighted by atomic mass is 9.84. The second-order valence-corrected chi connectivity index (χ2v) is 10.9. The maximum absolute atomic E-state index is 13.6. The Labute approximate surface area is 235 Å². The fourth-order valence-corrected chi connectivity index (χ4v) is 4.46. The molecule has 3 rings (SSSR count). The highest BCUT2D eigenvalue weighted by molar-refractivity contribution is 6.07. The third-order valence-electron chi connectivity index (χ3n) is 6.33. The summed E-state index contributed by atoms with van der Waals surface area (Å²) in [6.07, 6.45) is -0.605. The number of amides is 2. The number of nitrogens with zero attached hydrogens (tertiary/aromatic N) is 1. The van der Waals surface area contributed by atoms with E-state index in [0.717, 1.165) is 5.56 Å². The molecule has 0 atom stereocenters. The van der Waals surface area contributed by atoms with Crippen LogP contribution in [0.1, 0.15) is 85.9 Å². The largest absolute Gasteiger partial charge is 0.493 e. The summed E-state index contributed by atoms with van der Waals surface area (Å²) in [6.45, 7) is 14.2. The van der Waals surface area contributed by atoms with E-state index in [4.69, 9.17) is 19.6 Å². The lowest BCUT2D eigenvalue weighted by molar-refractivity contribution is 0.0952. The molecule has 0 spiro atoms. The van der Waals surface area contributed by atoms with Crippen molar-refractivity contribution in [2.45, 2.75) is 66.5 Å². The third-order valence-corrected chi connectivity index (χ3v) is 6.33. The second-order valence-electron chi connectivity index (χ2n) is 10.9. The zero-order valence-corrected chi connectivity index (χ0v) is 24.6. The van der Waals surface area contributed by atoms with E-state index in [2.05, 4.69) is 10.6 Å². The number of carbonyl (C=O) groups is 3. The number of hydrogen-bond donors (Lipinski definition) is 3. The lowest BCUT2D eigenvalue weighted by Crippen LogP contribution is -2.33. The summed E-state index contributed by atoms with van der Waals surface area (Å²) in [5.41, 5.74) is 2.29. The van der Waals surface area contributed by atoms with Crippen molar-refractivity contribution in [1.29, 1.82) is 5.41 Å². The predicted octanol–water partition coefficient (Wildman–Crippen LogP) is 4.66. The monoisotopic (exact) mass is 552 g/mol. The van der Waals surface area contributed by atoms with Gasteiger partial charge in [0.2, 0.25) is 0 Å². The van der Waals surface area contributed by atoms with Crippen LogP contribution in [0.15, 0.2) is 24.3 Å². The van der Waals surface area contributed by atoms with Gasteiger partial charge in [-0.2, -0.15) is 0 Å². The molecular weight excluding hydrogens is 512 g/mol. The molecule has 0 bridgehead atoms. The number of ketones is 1. The van der Waals surface area contributed by atoms with Gasteiger partial charge < -0.3 is 29.7 Å². The normalized spacial score (nSPS) is 12.7. The van der Waals surface area contributed by atoms with Gasteiger partial charge >= 0.3 is 6.09 Å². The van der Waals surface area contributed by atoms with Crippen molar-refractivity contribution in [3.05, 3.63) is 52.1 Å². The average molecular weight is 553 g/mol. The van der Waals surface area contributed by atoms with E-state index in [1.54, 1.807) is 29.2 Å². The Hall–Kier alpha value is -4.08. The Balaban J connectivity index is 1.95. The predicted molar refractivity (Wildman–Crippen MR) is 153 cm³/mol. The Morgan fingerprint density at radius 3 is 2.25 bits per heavy atom. The van der Waals surface area contributed by atoms with Crippen molar-refractivity contribution in [3.8, 4) is 17.2 Å². The molecule has 0 saturated heterocycles. The summed E-state index contributed by atoms with van der Waals surface area (Å²) in [7, 11) is 1.54. The zero-order valence-electron chi connectivity index (χ0n) is 24.6. The van der Waals surface area contributed by atoms with Crippen molar-refractivity contribution in [2.75, 3.05) is 26.8 Å². The van der Waals surface area contributed by atoms with Gasteiger partial charge in [-0.3, -0.25) is 15.0 Å². The van der Waals surface area contributed by atoms with E-state index in [9.17, 15) is 14.4 Å². The van der Waals surface area contributed by atoms with Crippen LogP contribution in [0.2, 0.25) is 0 Å². The smallest absolute Gasteiger partial charge is 0.412 e. The number of rotatable bonds is 10. The van der Waals surface area contributed by atoms with Crippen LogP contribution < -0.4 is 24.8 Å². The molecule has 2 amide bonds. The molecule has 1 aliphatic rings. The molecule has 0 saturated carbocycles. The van der Waals surface area contributed by atoms with E-state index >= 15 is 0 Å². The van der Waals surface area contributed by atoms with Gasteiger partial charge in [-0.05, 0) is 62.9 Å². The first-order chi connectivity index (χ1) is 18.8. The van der Waals surface area contributed by atoms with E-state index in [1.165, 1.54) is 7.05 Å². The summed E-state index contributed by atoms with van der Waals surface area (Å²) in [4.78, 5) is 40.2. The molecule has 3 N–H and O–H groups in total. The number of amidine groups is 1. The molecule has 10 heteroatoms. The quantitative estimate of drug-likeness (QED) is 0.366. The Morgan fingerprint density at radius 1 is 1.02 bits per heavy atom. The van der Waals surface area contributed by atoms with Gasteiger partial charge in [-0.1, -0.05) is 20.8 Å². The molecule has 1 aliphatic heterocycles.